The molecule has 11 heteroatoms. The van der Waals surface area contributed by atoms with Crippen LogP contribution >= 0.6 is 23.1 Å². The maximum absolute atomic E-state index is 13.1. The molecule has 9 nitrogen and oxygen atoms in total. The molecular formula is C24H19N5O4S2. The lowest BCUT2D eigenvalue weighted by molar-refractivity contribution is -0.129. The first-order valence-corrected chi connectivity index (χ1v) is 12.4. The molecule has 0 bridgehead atoms. The highest BCUT2D eigenvalue weighted by molar-refractivity contribution is 8.01. The number of amides is 2. The van der Waals surface area contributed by atoms with Crippen molar-refractivity contribution in [1.82, 2.24) is 25.8 Å². The van der Waals surface area contributed by atoms with Gasteiger partial charge in [0, 0.05) is 29.4 Å². The van der Waals surface area contributed by atoms with Gasteiger partial charge in [-0.3, -0.25) is 25.2 Å². The Morgan fingerprint density at radius 1 is 1.09 bits per heavy atom. The molecule has 2 amide bonds. The number of aliphatic hydroxyl groups excluding tert-OH is 1. The van der Waals surface area contributed by atoms with Crippen LogP contribution in [0.3, 0.4) is 0 Å². The van der Waals surface area contributed by atoms with Crippen molar-refractivity contribution in [2.75, 3.05) is 5.75 Å². The third-order valence-electron chi connectivity index (χ3n) is 5.50. The molecule has 2 aromatic carbocycles. The van der Waals surface area contributed by atoms with Crippen molar-refractivity contribution in [2.24, 2.45) is 5.92 Å². The van der Waals surface area contributed by atoms with Gasteiger partial charge in [0.25, 0.3) is 0 Å². The molecule has 0 saturated carbocycles. The Labute approximate surface area is 207 Å². The number of benzene rings is 2. The number of carbonyl (C=O) groups excluding carboxylic acids is 3. The third kappa shape index (κ3) is 4.68. The number of aromatic amines is 1. The molecule has 0 unspecified atom stereocenters. The van der Waals surface area contributed by atoms with E-state index in [-0.39, 0.29) is 23.5 Å². The monoisotopic (exact) mass is 505 g/mol. The fraction of sp³-hybridized carbons (Fsp3) is 0.125. The minimum Gasteiger partial charge on any atom is -0.507 e. The molecule has 176 valence electrons. The van der Waals surface area contributed by atoms with Gasteiger partial charge in [-0.2, -0.15) is 0 Å². The maximum atomic E-state index is 13.1. The smallest absolute Gasteiger partial charge is 0.248 e. The van der Waals surface area contributed by atoms with E-state index in [4.69, 9.17) is 0 Å². The van der Waals surface area contributed by atoms with Crippen LogP contribution in [0.5, 0.6) is 0 Å². The number of fused-ring (bicyclic) bond motifs is 2. The van der Waals surface area contributed by atoms with Gasteiger partial charge in [-0.25, -0.2) is 9.97 Å². The molecular weight excluding hydrogens is 486 g/mol. The normalized spacial score (nSPS) is 13.7. The number of nitrogens with one attached hydrogen (secondary N) is 3. The summed E-state index contributed by atoms with van der Waals surface area (Å²) in [5.74, 6) is -2.71. The summed E-state index contributed by atoms with van der Waals surface area (Å²) in [6, 6.07) is 14.3. The van der Waals surface area contributed by atoms with Crippen molar-refractivity contribution in [3.63, 3.8) is 0 Å². The number of H-pyrrole nitrogens is 1. The number of aromatic nitrogens is 3. The van der Waals surface area contributed by atoms with Crippen LogP contribution in [-0.2, 0) is 16.0 Å². The number of thiazole rings is 1. The summed E-state index contributed by atoms with van der Waals surface area (Å²) >= 11 is 2.75. The second kappa shape index (κ2) is 9.72. The number of hydrogen-bond acceptors (Lipinski definition) is 8. The second-order valence-corrected chi connectivity index (χ2v) is 10.00. The van der Waals surface area contributed by atoms with Crippen LogP contribution in [0.1, 0.15) is 21.6 Å². The van der Waals surface area contributed by atoms with Gasteiger partial charge >= 0.3 is 0 Å². The number of Topliss-reactive ketones (excluding diaryl/α,β-unsaturated/α-hetero) is 1. The van der Waals surface area contributed by atoms with Crippen LogP contribution in [0.4, 0.5) is 0 Å². The highest BCUT2D eigenvalue weighted by Gasteiger charge is 2.38. The Hall–Kier alpha value is -3.96. The number of nitrogens with zero attached hydrogens (tertiary/aromatic N) is 2. The average molecular weight is 506 g/mol. The first-order chi connectivity index (χ1) is 17.0. The summed E-state index contributed by atoms with van der Waals surface area (Å²) in [5.41, 5.74) is 6.96. The number of hydrazine groups is 1. The van der Waals surface area contributed by atoms with E-state index in [1.54, 1.807) is 24.3 Å². The SMILES string of the molecule is O=C(CSc1nc2ccccc2s1)NNC(=O)[C@H](Cc1cnc[nH]1)C1=C(O)c2ccccc2C1=O. The molecule has 1 aliphatic carbocycles. The Morgan fingerprint density at radius 2 is 1.86 bits per heavy atom. The Bertz CT molecular complexity index is 1430. The molecule has 4 N–H and O–H groups in total. The molecule has 0 spiro atoms. The van der Waals surface area contributed by atoms with Crippen LogP contribution in [0.25, 0.3) is 16.0 Å². The van der Waals surface area contributed by atoms with Crippen LogP contribution < -0.4 is 10.9 Å². The first-order valence-electron chi connectivity index (χ1n) is 10.6. The zero-order valence-corrected chi connectivity index (χ0v) is 19.8. The quantitative estimate of drug-likeness (QED) is 0.223. The van der Waals surface area contributed by atoms with E-state index < -0.39 is 23.5 Å². The third-order valence-corrected chi connectivity index (χ3v) is 7.68. The summed E-state index contributed by atoms with van der Waals surface area (Å²) in [4.78, 5) is 49.9. The van der Waals surface area contributed by atoms with Crippen LogP contribution in [0, 0.1) is 5.92 Å². The largest absolute Gasteiger partial charge is 0.507 e. The number of imidazole rings is 1. The van der Waals surface area contributed by atoms with Crippen molar-refractivity contribution < 1.29 is 19.5 Å². The number of ketones is 1. The fourth-order valence-electron chi connectivity index (χ4n) is 3.85. The van der Waals surface area contributed by atoms with Gasteiger partial charge in [0.2, 0.25) is 11.8 Å². The van der Waals surface area contributed by atoms with Gasteiger partial charge in [-0.1, -0.05) is 48.2 Å². The number of aliphatic hydroxyl groups is 1. The lowest BCUT2D eigenvalue weighted by Crippen LogP contribution is -2.46. The predicted octanol–water partition coefficient (Wildman–Crippen LogP) is 3.28. The zero-order chi connectivity index (χ0) is 24.4. The van der Waals surface area contributed by atoms with E-state index in [0.29, 0.717) is 16.8 Å². The topological polar surface area (TPSA) is 137 Å². The maximum Gasteiger partial charge on any atom is 0.248 e. The summed E-state index contributed by atoms with van der Waals surface area (Å²) in [6.07, 6.45) is 3.09. The molecule has 0 radical (unpaired) electrons. The molecule has 4 aromatic rings. The van der Waals surface area contributed by atoms with Crippen LogP contribution in [-0.4, -0.2) is 43.4 Å². The van der Waals surface area contributed by atoms with Crippen molar-refractivity contribution in [3.8, 4) is 0 Å². The molecule has 2 heterocycles. The molecule has 2 aromatic heterocycles. The summed E-state index contributed by atoms with van der Waals surface area (Å²) in [6.45, 7) is 0. The number of thioether (sulfide) groups is 1. The van der Waals surface area contributed by atoms with E-state index in [1.807, 2.05) is 24.3 Å². The van der Waals surface area contributed by atoms with Gasteiger partial charge in [-0.05, 0) is 12.1 Å². The average Bonchev–Trinajstić information content (AvgIpc) is 3.59. The van der Waals surface area contributed by atoms with E-state index in [9.17, 15) is 19.5 Å². The van der Waals surface area contributed by atoms with Gasteiger partial charge in [-0.15, -0.1) is 11.3 Å². The first kappa shape index (κ1) is 22.8. The van der Waals surface area contributed by atoms with E-state index in [0.717, 1.165) is 14.6 Å². The molecule has 0 saturated heterocycles. The Kier molecular flexibility index (Phi) is 6.34. The van der Waals surface area contributed by atoms with Crippen LogP contribution in [0.2, 0.25) is 0 Å². The van der Waals surface area contributed by atoms with Crippen molar-refractivity contribution in [3.05, 3.63) is 83.4 Å². The molecule has 5 rings (SSSR count). The second-order valence-electron chi connectivity index (χ2n) is 7.74. The summed E-state index contributed by atoms with van der Waals surface area (Å²) < 4.78 is 1.77. The van der Waals surface area contributed by atoms with E-state index in [1.165, 1.54) is 35.6 Å². The molecule has 0 aliphatic heterocycles. The lowest BCUT2D eigenvalue weighted by Gasteiger charge is -2.17. The number of hydrogen-bond donors (Lipinski definition) is 4. The van der Waals surface area contributed by atoms with Gasteiger partial charge in [0.05, 0.1) is 33.8 Å². The summed E-state index contributed by atoms with van der Waals surface area (Å²) in [5, 5.41) is 10.8. The minimum atomic E-state index is -1.05. The molecule has 1 atom stereocenters. The number of rotatable bonds is 7. The Morgan fingerprint density at radius 3 is 2.60 bits per heavy atom. The number of para-hydroxylation sites is 1. The van der Waals surface area contributed by atoms with E-state index >= 15 is 0 Å². The van der Waals surface area contributed by atoms with Crippen LogP contribution in [0.15, 0.2) is 71.0 Å². The van der Waals surface area contributed by atoms with Gasteiger partial charge < -0.3 is 10.1 Å². The zero-order valence-electron chi connectivity index (χ0n) is 18.1. The predicted molar refractivity (Wildman–Crippen MR) is 133 cm³/mol. The van der Waals surface area contributed by atoms with Gasteiger partial charge in [0.1, 0.15) is 5.76 Å². The molecule has 35 heavy (non-hydrogen) atoms. The van der Waals surface area contributed by atoms with Crippen molar-refractivity contribution >= 4 is 56.7 Å². The Balaban J connectivity index is 1.27. The lowest BCUT2D eigenvalue weighted by atomic mass is 9.91. The fourth-order valence-corrected chi connectivity index (χ4v) is 5.71. The number of carbonyl (C=O) groups is 3. The molecule has 0 fully saturated rings. The van der Waals surface area contributed by atoms with Gasteiger partial charge in [0.15, 0.2) is 10.1 Å². The van der Waals surface area contributed by atoms with Crippen molar-refractivity contribution in [1.29, 1.82) is 0 Å². The highest BCUT2D eigenvalue weighted by atomic mass is 32.2. The molecule has 1 aliphatic rings. The van der Waals surface area contributed by atoms with E-state index in [2.05, 4.69) is 25.8 Å². The highest BCUT2D eigenvalue weighted by Crippen LogP contribution is 2.36. The van der Waals surface area contributed by atoms with Crippen molar-refractivity contribution in [2.45, 2.75) is 10.8 Å². The minimum absolute atomic E-state index is 0.0172. The summed E-state index contributed by atoms with van der Waals surface area (Å²) in [7, 11) is 0. The standard InChI is InChI=1S/C24H19N5O4S2/c30-19(11-34-24-27-17-7-3-4-8-18(17)35-24)28-29-23(33)16(9-13-10-25-12-26-13)20-21(31)14-5-1-2-6-15(14)22(20)32/h1-8,10,12,16,31H,9,11H2,(H,25,26)(H,28,30)(H,29,33)/t16-/m1/s1.